The van der Waals surface area contributed by atoms with E-state index >= 15 is 0 Å². The summed E-state index contributed by atoms with van der Waals surface area (Å²) >= 11 is 8.27. The van der Waals surface area contributed by atoms with Gasteiger partial charge in [-0.3, -0.25) is 9.71 Å². The molecule has 11 heteroatoms. The van der Waals surface area contributed by atoms with Crippen LogP contribution in [0.3, 0.4) is 0 Å². The number of likely N-dealkylation sites (N-methyl/N-ethyl adjacent to an activating group) is 1. The van der Waals surface area contributed by atoms with E-state index in [0.29, 0.717) is 52.8 Å². The molecule has 0 radical (unpaired) electrons. The van der Waals surface area contributed by atoms with Crippen molar-refractivity contribution in [2.45, 2.75) is 26.8 Å². The van der Waals surface area contributed by atoms with Crippen LogP contribution in [0.4, 0.5) is 11.6 Å². The van der Waals surface area contributed by atoms with Gasteiger partial charge in [0, 0.05) is 49.7 Å². The molecule has 1 aliphatic heterocycles. The van der Waals surface area contributed by atoms with Crippen molar-refractivity contribution in [2.75, 3.05) is 49.5 Å². The maximum Gasteiger partial charge on any atom is 0.237 e. The van der Waals surface area contributed by atoms with E-state index in [1.807, 2.05) is 79.7 Å². The highest BCUT2D eigenvalue weighted by molar-refractivity contribution is 8.05. The minimum atomic E-state index is 0.348. The lowest BCUT2D eigenvalue weighted by Crippen LogP contribution is -2.44. The van der Waals surface area contributed by atoms with Crippen molar-refractivity contribution in [3.05, 3.63) is 100 Å². The number of anilines is 2. The third-order valence-electron chi connectivity index (χ3n) is 7.52. The van der Waals surface area contributed by atoms with Crippen LogP contribution >= 0.6 is 23.5 Å². The first kappa shape index (κ1) is 33.1. The Labute approximate surface area is 280 Å². The van der Waals surface area contributed by atoms with Crippen LogP contribution in [0.1, 0.15) is 25.0 Å². The van der Waals surface area contributed by atoms with E-state index in [1.165, 1.54) is 18.1 Å². The molecule has 4 aromatic rings. The van der Waals surface area contributed by atoms with Crippen molar-refractivity contribution in [2.24, 2.45) is 10.7 Å². The lowest BCUT2D eigenvalue weighted by Gasteiger charge is -2.34. The number of nitrogens with two attached hydrogens (primary N) is 1. The van der Waals surface area contributed by atoms with Gasteiger partial charge in [0.2, 0.25) is 11.8 Å². The summed E-state index contributed by atoms with van der Waals surface area (Å²) in [4.78, 5) is 19.6. The molecule has 0 bridgehead atoms. The van der Waals surface area contributed by atoms with Crippen molar-refractivity contribution in [1.82, 2.24) is 14.9 Å². The summed E-state index contributed by atoms with van der Waals surface area (Å²) in [6.45, 7) is 8.81. The minimum absolute atomic E-state index is 0.348. The number of aliphatic imine (C=N–C) groups is 1. The molecule has 2 heterocycles. The van der Waals surface area contributed by atoms with Gasteiger partial charge in [-0.25, -0.2) is 4.98 Å². The molecule has 9 nitrogen and oxygen atoms in total. The Morgan fingerprint density at radius 3 is 2.46 bits per heavy atom. The van der Waals surface area contributed by atoms with E-state index in [2.05, 4.69) is 33.5 Å². The van der Waals surface area contributed by atoms with Crippen LogP contribution in [0.2, 0.25) is 5.02 Å². The monoisotopic (exact) mass is 657 g/mol. The molecular weight excluding hydrogens is 618 g/mol. The predicted molar refractivity (Wildman–Crippen MR) is 191 cm³/mol. The number of nitrogens with zero attached hydrogens (tertiary/aromatic N) is 5. The normalized spacial score (nSPS) is 14.1. The smallest absolute Gasteiger partial charge is 0.237 e. The van der Waals surface area contributed by atoms with Gasteiger partial charge < -0.3 is 25.0 Å². The molecular formula is C35H40ClN7O2S. The Morgan fingerprint density at radius 1 is 0.978 bits per heavy atom. The highest BCUT2D eigenvalue weighted by Gasteiger charge is 2.23. The van der Waals surface area contributed by atoms with E-state index in [9.17, 15) is 0 Å². The molecule has 1 aromatic heterocycles. The van der Waals surface area contributed by atoms with E-state index in [-0.39, 0.29) is 0 Å². The zero-order valence-corrected chi connectivity index (χ0v) is 28.0. The number of piperazine rings is 1. The highest BCUT2D eigenvalue weighted by Crippen LogP contribution is 2.41. The van der Waals surface area contributed by atoms with Crippen LogP contribution in [-0.4, -0.2) is 60.9 Å². The number of hydrogen-bond donors (Lipinski definition) is 2. The summed E-state index contributed by atoms with van der Waals surface area (Å²) in [5.74, 6) is 2.02. The molecule has 1 fully saturated rings. The van der Waals surface area contributed by atoms with Gasteiger partial charge in [0.25, 0.3) is 0 Å². The first-order chi connectivity index (χ1) is 22.5. The number of nitrogens with one attached hydrogen (secondary N) is 1. The third kappa shape index (κ3) is 8.31. The fourth-order valence-electron chi connectivity index (χ4n) is 5.08. The van der Waals surface area contributed by atoms with Crippen molar-refractivity contribution < 1.29 is 9.47 Å². The first-order valence-corrected chi connectivity index (χ1v) is 16.6. The molecule has 1 saturated heterocycles. The minimum Gasteiger partial charge on any atom is -0.493 e. The molecule has 5 rings (SSSR count). The lowest BCUT2D eigenvalue weighted by molar-refractivity contribution is 0.313. The van der Waals surface area contributed by atoms with Gasteiger partial charge in [-0.1, -0.05) is 67.1 Å². The summed E-state index contributed by atoms with van der Waals surface area (Å²) in [5, 5.41) is 0.552. The Balaban J connectivity index is 1.47. The fraction of sp³-hybridized carbons (Fsp3) is 0.286. The average molecular weight is 658 g/mol. The Kier molecular flexibility index (Phi) is 11.8. The molecule has 1 aliphatic rings. The van der Waals surface area contributed by atoms with E-state index in [0.717, 1.165) is 54.3 Å². The maximum absolute atomic E-state index is 7.00. The van der Waals surface area contributed by atoms with Gasteiger partial charge in [0.1, 0.15) is 16.5 Å². The van der Waals surface area contributed by atoms with Crippen LogP contribution in [-0.2, 0) is 13.0 Å². The van der Waals surface area contributed by atoms with Crippen molar-refractivity contribution in [1.29, 1.82) is 0 Å². The molecule has 0 unspecified atom stereocenters. The van der Waals surface area contributed by atoms with Crippen molar-refractivity contribution in [3.8, 4) is 28.6 Å². The molecule has 240 valence electrons. The molecule has 3 aromatic carbocycles. The van der Waals surface area contributed by atoms with E-state index < -0.39 is 0 Å². The number of rotatable bonds is 13. The first-order valence-electron chi connectivity index (χ1n) is 15.4. The van der Waals surface area contributed by atoms with E-state index in [4.69, 9.17) is 36.8 Å². The third-order valence-corrected chi connectivity index (χ3v) is 8.66. The zero-order chi connectivity index (χ0) is 32.3. The molecule has 0 atom stereocenters. The number of aromatic nitrogens is 2. The Bertz CT molecular complexity index is 1660. The van der Waals surface area contributed by atoms with Crippen molar-refractivity contribution >= 4 is 41.4 Å². The number of halogens is 1. The standard InChI is InChI=1S/C35H40ClN7O2S/c1-4-27-33(28-14-9-10-16-30(28)44-5-2)39-35(41-46-26(22-37)24-38-23-25-12-7-6-8-13-25)40-34(27)45-31-17-11-15-29(32(31)36)43-20-18-42(3)19-21-43/h6-17,22,24H,4-5,18-21,23,37H2,1-3H3,(H,39,40,41). The van der Waals surface area contributed by atoms with Gasteiger partial charge in [0.15, 0.2) is 0 Å². The van der Waals surface area contributed by atoms with Gasteiger partial charge in [-0.05, 0) is 62.2 Å². The summed E-state index contributed by atoms with van der Waals surface area (Å²) in [5.41, 5.74) is 10.4. The second-order valence-electron chi connectivity index (χ2n) is 10.7. The number of allylic oxidation sites excluding steroid dienone is 1. The fourth-order valence-corrected chi connectivity index (χ4v) is 5.86. The van der Waals surface area contributed by atoms with Gasteiger partial charge in [-0.2, -0.15) is 4.98 Å². The molecule has 0 amide bonds. The quantitative estimate of drug-likeness (QED) is 0.112. The summed E-state index contributed by atoms with van der Waals surface area (Å²) in [6, 6.07) is 23.8. The van der Waals surface area contributed by atoms with E-state index in [1.54, 1.807) is 6.21 Å². The molecule has 0 saturated carbocycles. The van der Waals surface area contributed by atoms with Crippen LogP contribution in [0.5, 0.6) is 17.4 Å². The molecule has 0 spiro atoms. The maximum atomic E-state index is 7.00. The highest BCUT2D eigenvalue weighted by atomic mass is 35.5. The topological polar surface area (TPSA) is 101 Å². The second kappa shape index (κ2) is 16.4. The van der Waals surface area contributed by atoms with Crippen LogP contribution in [0.25, 0.3) is 11.3 Å². The summed E-state index contributed by atoms with van der Waals surface area (Å²) in [6.07, 6.45) is 3.85. The summed E-state index contributed by atoms with van der Waals surface area (Å²) in [7, 11) is 2.13. The van der Waals surface area contributed by atoms with Gasteiger partial charge >= 0.3 is 0 Å². The van der Waals surface area contributed by atoms with Crippen LogP contribution in [0.15, 0.2) is 88.9 Å². The number of benzene rings is 3. The number of para-hydroxylation sites is 1. The Hall–Kier alpha value is -4.25. The zero-order valence-electron chi connectivity index (χ0n) is 26.4. The molecule has 0 aliphatic carbocycles. The number of ether oxygens (including phenoxy) is 2. The molecule has 46 heavy (non-hydrogen) atoms. The predicted octanol–water partition coefficient (Wildman–Crippen LogP) is 7.43. The average Bonchev–Trinajstić information content (AvgIpc) is 3.08. The van der Waals surface area contributed by atoms with Crippen LogP contribution in [0, 0.1) is 0 Å². The SMILES string of the molecule is CCOc1ccccc1-c1nc(NSC(C=NCc2ccccc2)=CN)nc(Oc2cccc(N3CCN(C)CC3)c2Cl)c1CC. The number of hydrogen-bond acceptors (Lipinski definition) is 10. The molecule has 3 N–H and O–H groups in total. The largest absolute Gasteiger partial charge is 0.493 e. The van der Waals surface area contributed by atoms with Crippen molar-refractivity contribution in [3.63, 3.8) is 0 Å². The van der Waals surface area contributed by atoms with Gasteiger partial charge in [-0.15, -0.1) is 0 Å². The van der Waals surface area contributed by atoms with Crippen LogP contribution < -0.4 is 24.8 Å². The second-order valence-corrected chi connectivity index (χ2v) is 11.9. The Morgan fingerprint density at radius 2 is 1.72 bits per heavy atom. The van der Waals surface area contributed by atoms with Gasteiger partial charge in [0.05, 0.1) is 29.4 Å². The summed E-state index contributed by atoms with van der Waals surface area (Å²) < 4.78 is 15.8. The lowest BCUT2D eigenvalue weighted by atomic mass is 10.0.